The average Bonchev–Trinajstić information content (AvgIpc) is 2.64. The lowest BCUT2D eigenvalue weighted by molar-refractivity contribution is 0.643. The Balaban J connectivity index is 1.71. The minimum atomic E-state index is -0.0946. The summed E-state index contributed by atoms with van der Waals surface area (Å²) < 4.78 is 1.52. The van der Waals surface area contributed by atoms with Crippen molar-refractivity contribution in [3.8, 4) is 11.3 Å². The second-order valence-corrected chi connectivity index (χ2v) is 5.76. The Labute approximate surface area is 139 Å². The van der Waals surface area contributed by atoms with Gasteiger partial charge in [0.05, 0.1) is 12.2 Å². The van der Waals surface area contributed by atoms with Gasteiger partial charge in [0.1, 0.15) is 0 Å². The molecule has 0 unspecified atom stereocenters. The molecule has 3 aromatic carbocycles. The summed E-state index contributed by atoms with van der Waals surface area (Å²) in [5.74, 6) is 0. The molecule has 0 amide bonds. The highest BCUT2D eigenvalue weighted by molar-refractivity contribution is 5.82. The molecule has 0 N–H and O–H groups in total. The van der Waals surface area contributed by atoms with Gasteiger partial charge in [0.2, 0.25) is 0 Å². The number of nitrogens with zero attached hydrogens (tertiary/aromatic N) is 2. The van der Waals surface area contributed by atoms with Crippen LogP contribution in [-0.2, 0) is 6.54 Å². The van der Waals surface area contributed by atoms with Crippen LogP contribution in [0, 0.1) is 0 Å². The van der Waals surface area contributed by atoms with Gasteiger partial charge in [-0.1, -0.05) is 66.7 Å². The van der Waals surface area contributed by atoms with Crippen LogP contribution in [0.15, 0.2) is 89.7 Å². The van der Waals surface area contributed by atoms with Crippen LogP contribution in [0.25, 0.3) is 22.0 Å². The minimum absolute atomic E-state index is 0.0946. The predicted molar refractivity (Wildman–Crippen MR) is 97.0 cm³/mol. The van der Waals surface area contributed by atoms with Crippen LogP contribution in [0.5, 0.6) is 0 Å². The highest BCUT2D eigenvalue weighted by Gasteiger charge is 2.04. The number of aromatic nitrogens is 2. The average molecular weight is 312 g/mol. The van der Waals surface area contributed by atoms with Crippen molar-refractivity contribution in [2.45, 2.75) is 6.54 Å². The molecule has 0 saturated heterocycles. The van der Waals surface area contributed by atoms with E-state index in [2.05, 4.69) is 29.4 Å². The number of hydrogen-bond acceptors (Lipinski definition) is 2. The maximum atomic E-state index is 12.2. The van der Waals surface area contributed by atoms with E-state index in [1.165, 1.54) is 15.5 Å². The molecule has 116 valence electrons. The summed E-state index contributed by atoms with van der Waals surface area (Å²) in [4.78, 5) is 12.2. The van der Waals surface area contributed by atoms with Crippen molar-refractivity contribution in [1.29, 1.82) is 0 Å². The Bertz CT molecular complexity index is 1050. The van der Waals surface area contributed by atoms with Crippen LogP contribution in [0.4, 0.5) is 0 Å². The van der Waals surface area contributed by atoms with E-state index in [4.69, 9.17) is 0 Å². The van der Waals surface area contributed by atoms with Crippen molar-refractivity contribution in [1.82, 2.24) is 9.78 Å². The van der Waals surface area contributed by atoms with Gasteiger partial charge in [0.15, 0.2) is 0 Å². The molecule has 0 aliphatic carbocycles. The number of fused-ring (bicyclic) bond motifs is 1. The molecule has 0 spiro atoms. The zero-order chi connectivity index (χ0) is 16.4. The fraction of sp³-hybridized carbons (Fsp3) is 0.0476. The first-order chi connectivity index (χ1) is 11.8. The fourth-order valence-electron chi connectivity index (χ4n) is 2.84. The molecule has 3 nitrogen and oxygen atoms in total. The van der Waals surface area contributed by atoms with E-state index in [1.54, 1.807) is 12.1 Å². The van der Waals surface area contributed by atoms with Crippen LogP contribution < -0.4 is 5.56 Å². The smallest absolute Gasteiger partial charge is 0.267 e. The maximum absolute atomic E-state index is 12.2. The molecule has 3 heteroatoms. The normalized spacial score (nSPS) is 10.8. The maximum Gasteiger partial charge on any atom is 0.267 e. The first kappa shape index (κ1) is 14.4. The quantitative estimate of drug-likeness (QED) is 0.570. The lowest BCUT2D eigenvalue weighted by Crippen LogP contribution is -2.22. The van der Waals surface area contributed by atoms with Crippen molar-refractivity contribution in [3.05, 3.63) is 101 Å². The van der Waals surface area contributed by atoms with Crippen molar-refractivity contribution in [3.63, 3.8) is 0 Å². The van der Waals surface area contributed by atoms with E-state index in [1.807, 2.05) is 48.5 Å². The van der Waals surface area contributed by atoms with E-state index in [-0.39, 0.29) is 5.56 Å². The standard InChI is InChI=1S/C21H16N2O/c24-21-13-12-20(18-7-2-1-3-8-18)22-23(21)15-16-10-11-17-6-4-5-9-19(17)14-16/h1-14H,15H2. The van der Waals surface area contributed by atoms with Gasteiger partial charge >= 0.3 is 0 Å². The second-order valence-electron chi connectivity index (χ2n) is 5.76. The third kappa shape index (κ3) is 2.84. The summed E-state index contributed by atoms with van der Waals surface area (Å²) in [5.41, 5.74) is 2.78. The molecule has 0 radical (unpaired) electrons. The number of rotatable bonds is 3. The zero-order valence-electron chi connectivity index (χ0n) is 13.1. The molecule has 0 saturated carbocycles. The van der Waals surface area contributed by atoms with Crippen LogP contribution >= 0.6 is 0 Å². The molecular formula is C21H16N2O. The highest BCUT2D eigenvalue weighted by Crippen LogP contribution is 2.17. The van der Waals surface area contributed by atoms with Gasteiger partial charge in [-0.05, 0) is 28.5 Å². The minimum Gasteiger partial charge on any atom is -0.268 e. The van der Waals surface area contributed by atoms with Crippen molar-refractivity contribution in [2.24, 2.45) is 0 Å². The molecule has 1 aromatic heterocycles. The summed E-state index contributed by atoms with van der Waals surface area (Å²) in [6, 6.07) is 27.7. The second kappa shape index (κ2) is 6.13. The van der Waals surface area contributed by atoms with Gasteiger partial charge < -0.3 is 0 Å². The van der Waals surface area contributed by atoms with Crippen LogP contribution in [-0.4, -0.2) is 9.78 Å². The van der Waals surface area contributed by atoms with Crippen LogP contribution in [0.1, 0.15) is 5.56 Å². The Kier molecular flexibility index (Phi) is 3.67. The SMILES string of the molecule is O=c1ccc(-c2ccccc2)nn1Cc1ccc2ccccc2c1. The van der Waals surface area contributed by atoms with Gasteiger partial charge in [0, 0.05) is 11.6 Å². The molecule has 24 heavy (non-hydrogen) atoms. The van der Waals surface area contributed by atoms with E-state index in [0.717, 1.165) is 16.8 Å². The zero-order valence-corrected chi connectivity index (χ0v) is 13.1. The first-order valence-electron chi connectivity index (χ1n) is 7.91. The molecule has 4 rings (SSSR count). The molecule has 1 heterocycles. The summed E-state index contributed by atoms with van der Waals surface area (Å²) in [5, 5.41) is 6.88. The summed E-state index contributed by atoms with van der Waals surface area (Å²) >= 11 is 0. The van der Waals surface area contributed by atoms with E-state index in [0.29, 0.717) is 6.54 Å². The molecular weight excluding hydrogens is 296 g/mol. The monoisotopic (exact) mass is 312 g/mol. The van der Waals surface area contributed by atoms with Gasteiger partial charge in [-0.15, -0.1) is 0 Å². The molecule has 0 bridgehead atoms. The summed E-state index contributed by atoms with van der Waals surface area (Å²) in [6.07, 6.45) is 0. The summed E-state index contributed by atoms with van der Waals surface area (Å²) in [7, 11) is 0. The molecule has 0 atom stereocenters. The third-order valence-electron chi connectivity index (χ3n) is 4.08. The van der Waals surface area contributed by atoms with Gasteiger partial charge in [-0.25, -0.2) is 4.68 Å². The molecule has 0 fully saturated rings. The largest absolute Gasteiger partial charge is 0.268 e. The van der Waals surface area contributed by atoms with Crippen molar-refractivity contribution < 1.29 is 0 Å². The molecule has 0 aliphatic rings. The van der Waals surface area contributed by atoms with E-state index in [9.17, 15) is 4.79 Å². The Hall–Kier alpha value is -3.20. The lowest BCUT2D eigenvalue weighted by Gasteiger charge is -2.08. The first-order valence-corrected chi connectivity index (χ1v) is 7.91. The molecule has 0 aliphatic heterocycles. The van der Waals surface area contributed by atoms with Gasteiger partial charge in [0.25, 0.3) is 5.56 Å². The summed E-state index contributed by atoms with van der Waals surface area (Å²) in [6.45, 7) is 0.463. The van der Waals surface area contributed by atoms with E-state index < -0.39 is 0 Å². The van der Waals surface area contributed by atoms with Crippen LogP contribution in [0.3, 0.4) is 0 Å². The lowest BCUT2D eigenvalue weighted by atomic mass is 10.1. The van der Waals surface area contributed by atoms with Gasteiger partial charge in [-0.3, -0.25) is 4.79 Å². The van der Waals surface area contributed by atoms with E-state index >= 15 is 0 Å². The highest BCUT2D eigenvalue weighted by atomic mass is 16.1. The fourth-order valence-corrected chi connectivity index (χ4v) is 2.84. The molecule has 4 aromatic rings. The van der Waals surface area contributed by atoms with Gasteiger partial charge in [-0.2, -0.15) is 5.10 Å². The van der Waals surface area contributed by atoms with Crippen LogP contribution in [0.2, 0.25) is 0 Å². The Morgan fingerprint density at radius 2 is 1.50 bits per heavy atom. The third-order valence-corrected chi connectivity index (χ3v) is 4.08. The topological polar surface area (TPSA) is 34.9 Å². The van der Waals surface area contributed by atoms with Crippen molar-refractivity contribution in [2.75, 3.05) is 0 Å². The number of hydrogen-bond donors (Lipinski definition) is 0. The Morgan fingerprint density at radius 1 is 0.750 bits per heavy atom. The Morgan fingerprint density at radius 3 is 2.33 bits per heavy atom. The predicted octanol–water partition coefficient (Wildman–Crippen LogP) is 4.11. The number of benzene rings is 3. The van der Waals surface area contributed by atoms with Crippen molar-refractivity contribution >= 4 is 10.8 Å².